The summed E-state index contributed by atoms with van der Waals surface area (Å²) in [4.78, 5) is 21.7. The predicted molar refractivity (Wildman–Crippen MR) is 69.8 cm³/mol. The highest BCUT2D eigenvalue weighted by Crippen LogP contribution is 2.16. The molecule has 0 saturated heterocycles. The zero-order valence-corrected chi connectivity index (χ0v) is 10.6. The molecule has 0 heterocycles. The van der Waals surface area contributed by atoms with E-state index in [1.54, 1.807) is 0 Å². The van der Waals surface area contributed by atoms with Gasteiger partial charge in [0.25, 0.3) is 0 Å². The molecule has 0 aliphatic carbocycles. The second-order valence-corrected chi connectivity index (χ2v) is 4.30. The third kappa shape index (κ3) is 4.86. The van der Waals surface area contributed by atoms with Crippen LogP contribution in [0.4, 0.5) is 10.5 Å². The van der Waals surface area contributed by atoms with Crippen LogP contribution in [0.5, 0.6) is 0 Å². The van der Waals surface area contributed by atoms with E-state index >= 15 is 0 Å². The van der Waals surface area contributed by atoms with E-state index in [0.717, 1.165) is 0 Å². The summed E-state index contributed by atoms with van der Waals surface area (Å²) in [5.41, 5.74) is 1.89. The van der Waals surface area contributed by atoms with Crippen molar-refractivity contribution in [2.45, 2.75) is 26.2 Å². The summed E-state index contributed by atoms with van der Waals surface area (Å²) in [6.07, 6.45) is -0.0836. The average Bonchev–Trinajstić information content (AvgIpc) is 2.29. The maximum Gasteiger partial charge on any atom is 0.319 e. The maximum absolute atomic E-state index is 11.4. The van der Waals surface area contributed by atoms with Crippen LogP contribution < -0.4 is 10.6 Å². The fraction of sp³-hybridized carbons (Fsp3) is 0.385. The van der Waals surface area contributed by atoms with Crippen molar-refractivity contribution in [3.05, 3.63) is 29.8 Å². The van der Waals surface area contributed by atoms with Crippen LogP contribution in [0.15, 0.2) is 24.3 Å². The molecule has 1 aromatic rings. The van der Waals surface area contributed by atoms with Crippen LogP contribution in [0.3, 0.4) is 0 Å². The van der Waals surface area contributed by atoms with Crippen molar-refractivity contribution in [2.75, 3.05) is 11.9 Å². The molecule has 0 atom stereocenters. The Hall–Kier alpha value is -2.04. The average molecular weight is 250 g/mol. The number of carbonyl (C=O) groups excluding carboxylic acids is 1. The van der Waals surface area contributed by atoms with Crippen molar-refractivity contribution in [3.8, 4) is 0 Å². The fourth-order valence-electron chi connectivity index (χ4n) is 1.41. The number of urea groups is 1. The second kappa shape index (κ2) is 6.64. The summed E-state index contributed by atoms with van der Waals surface area (Å²) in [6, 6.07) is 7.17. The van der Waals surface area contributed by atoms with Crippen molar-refractivity contribution in [1.29, 1.82) is 0 Å². The highest BCUT2D eigenvalue weighted by Gasteiger charge is 2.03. The summed E-state index contributed by atoms with van der Waals surface area (Å²) >= 11 is 0. The molecule has 1 rings (SSSR count). The molecule has 0 fully saturated rings. The minimum absolute atomic E-state index is 0.0836. The van der Waals surface area contributed by atoms with Crippen molar-refractivity contribution < 1.29 is 14.7 Å². The molecule has 18 heavy (non-hydrogen) atoms. The molecule has 5 heteroatoms. The summed E-state index contributed by atoms with van der Waals surface area (Å²) < 4.78 is 0. The number of nitrogens with one attached hydrogen (secondary N) is 2. The molecule has 0 aliphatic rings. The van der Waals surface area contributed by atoms with Gasteiger partial charge in [-0.15, -0.1) is 0 Å². The topological polar surface area (TPSA) is 78.4 Å². The van der Waals surface area contributed by atoms with Gasteiger partial charge in [0.2, 0.25) is 0 Å². The molecule has 0 unspecified atom stereocenters. The monoisotopic (exact) mass is 250 g/mol. The molecule has 0 aromatic heterocycles. The van der Waals surface area contributed by atoms with E-state index in [1.807, 2.05) is 24.3 Å². The Labute approximate surface area is 106 Å². The minimum atomic E-state index is -0.934. The first kappa shape index (κ1) is 14.0. The quantitative estimate of drug-likeness (QED) is 0.750. The molecule has 1 aromatic carbocycles. The lowest BCUT2D eigenvalue weighted by Crippen LogP contribution is -2.30. The number of carboxylic acids is 1. The third-order valence-corrected chi connectivity index (χ3v) is 2.46. The Bertz CT molecular complexity index is 413. The van der Waals surface area contributed by atoms with Crippen molar-refractivity contribution in [1.82, 2.24) is 5.32 Å². The number of rotatable bonds is 5. The predicted octanol–water partition coefficient (Wildman–Crippen LogP) is 2.41. The van der Waals surface area contributed by atoms with E-state index in [2.05, 4.69) is 24.5 Å². The zero-order chi connectivity index (χ0) is 13.5. The molecule has 0 spiro atoms. The largest absolute Gasteiger partial charge is 0.481 e. The van der Waals surface area contributed by atoms with Gasteiger partial charge in [-0.2, -0.15) is 0 Å². The SMILES string of the molecule is CC(C)c1ccc(NC(=O)NCCC(=O)O)cc1. The minimum Gasteiger partial charge on any atom is -0.481 e. The molecule has 0 aliphatic heterocycles. The number of carbonyl (C=O) groups is 2. The Morgan fingerprint density at radius 2 is 1.83 bits per heavy atom. The standard InChI is InChI=1S/C13H18N2O3/c1-9(2)10-3-5-11(6-4-10)15-13(18)14-8-7-12(16)17/h3-6,9H,7-8H2,1-2H3,(H,16,17)(H2,14,15,18). The Kier molecular flexibility index (Phi) is 5.17. The normalized spacial score (nSPS) is 10.2. The number of hydrogen-bond donors (Lipinski definition) is 3. The van der Waals surface area contributed by atoms with Gasteiger partial charge in [0, 0.05) is 12.2 Å². The van der Waals surface area contributed by atoms with Crippen LogP contribution in [-0.2, 0) is 4.79 Å². The van der Waals surface area contributed by atoms with E-state index in [1.165, 1.54) is 5.56 Å². The molecule has 0 radical (unpaired) electrons. The molecule has 0 saturated carbocycles. The van der Waals surface area contributed by atoms with Gasteiger partial charge < -0.3 is 15.7 Å². The fourth-order valence-corrected chi connectivity index (χ4v) is 1.41. The molecule has 3 N–H and O–H groups in total. The van der Waals surface area contributed by atoms with E-state index < -0.39 is 12.0 Å². The van der Waals surface area contributed by atoms with Crippen LogP contribution in [0.2, 0.25) is 0 Å². The number of aliphatic carboxylic acids is 1. The smallest absolute Gasteiger partial charge is 0.319 e. The highest BCUT2D eigenvalue weighted by molar-refractivity contribution is 5.89. The number of carboxylic acid groups (broad SMARTS) is 1. The first-order valence-electron chi connectivity index (χ1n) is 5.85. The summed E-state index contributed by atoms with van der Waals surface area (Å²) in [5, 5.41) is 13.5. The molecule has 98 valence electrons. The van der Waals surface area contributed by atoms with Crippen molar-refractivity contribution in [3.63, 3.8) is 0 Å². The van der Waals surface area contributed by atoms with E-state index in [0.29, 0.717) is 11.6 Å². The third-order valence-electron chi connectivity index (χ3n) is 2.46. The number of benzene rings is 1. The lowest BCUT2D eigenvalue weighted by atomic mass is 10.0. The van der Waals surface area contributed by atoms with Crippen LogP contribution in [0.25, 0.3) is 0 Å². The second-order valence-electron chi connectivity index (χ2n) is 4.30. The summed E-state index contributed by atoms with van der Waals surface area (Å²) in [7, 11) is 0. The van der Waals surface area contributed by atoms with Gasteiger partial charge in [-0.05, 0) is 23.6 Å². The van der Waals surface area contributed by atoms with Crippen LogP contribution in [0, 0.1) is 0 Å². The molecule has 0 bridgehead atoms. The molecule has 5 nitrogen and oxygen atoms in total. The van der Waals surface area contributed by atoms with Gasteiger partial charge in [0.1, 0.15) is 0 Å². The van der Waals surface area contributed by atoms with Gasteiger partial charge in [-0.1, -0.05) is 26.0 Å². The lowest BCUT2D eigenvalue weighted by Gasteiger charge is -2.09. The number of amides is 2. The Morgan fingerprint density at radius 3 is 2.33 bits per heavy atom. The van der Waals surface area contributed by atoms with E-state index in [4.69, 9.17) is 5.11 Å². The number of hydrogen-bond acceptors (Lipinski definition) is 2. The van der Waals surface area contributed by atoms with Gasteiger partial charge in [-0.3, -0.25) is 4.79 Å². The van der Waals surface area contributed by atoms with E-state index in [-0.39, 0.29) is 13.0 Å². The molecular weight excluding hydrogens is 232 g/mol. The summed E-state index contributed by atoms with van der Waals surface area (Å²) in [6.45, 7) is 4.31. The van der Waals surface area contributed by atoms with Gasteiger partial charge in [0.05, 0.1) is 6.42 Å². The zero-order valence-electron chi connectivity index (χ0n) is 10.6. The number of anilines is 1. The van der Waals surface area contributed by atoms with Gasteiger partial charge >= 0.3 is 12.0 Å². The van der Waals surface area contributed by atoms with Gasteiger partial charge in [0.15, 0.2) is 0 Å². The first-order chi connectivity index (χ1) is 8.49. The van der Waals surface area contributed by atoms with Crippen molar-refractivity contribution in [2.24, 2.45) is 0 Å². The lowest BCUT2D eigenvalue weighted by molar-refractivity contribution is -0.136. The van der Waals surface area contributed by atoms with Gasteiger partial charge in [-0.25, -0.2) is 4.79 Å². The van der Waals surface area contributed by atoms with Crippen LogP contribution >= 0.6 is 0 Å². The van der Waals surface area contributed by atoms with Crippen LogP contribution in [0.1, 0.15) is 31.7 Å². The highest BCUT2D eigenvalue weighted by atomic mass is 16.4. The Balaban J connectivity index is 2.42. The molecular formula is C13H18N2O3. The van der Waals surface area contributed by atoms with E-state index in [9.17, 15) is 9.59 Å². The van der Waals surface area contributed by atoms with Crippen molar-refractivity contribution >= 4 is 17.7 Å². The molecule has 2 amide bonds. The first-order valence-corrected chi connectivity index (χ1v) is 5.85. The Morgan fingerprint density at radius 1 is 1.22 bits per heavy atom. The van der Waals surface area contributed by atoms with Crippen LogP contribution in [-0.4, -0.2) is 23.7 Å². The summed E-state index contributed by atoms with van der Waals surface area (Å²) in [5.74, 6) is -0.486. The maximum atomic E-state index is 11.4.